The van der Waals surface area contributed by atoms with Crippen molar-refractivity contribution in [3.8, 4) is 0 Å². The van der Waals surface area contributed by atoms with E-state index < -0.39 is 17.6 Å². The molecule has 0 fully saturated rings. The number of carboxylic acid groups (broad SMARTS) is 1. The van der Waals surface area contributed by atoms with Crippen LogP contribution in [0.25, 0.3) is 0 Å². The molecule has 0 spiro atoms. The van der Waals surface area contributed by atoms with Crippen LogP contribution in [-0.2, 0) is 14.3 Å². The molecule has 0 heterocycles. The molecule has 0 unspecified atom stereocenters. The summed E-state index contributed by atoms with van der Waals surface area (Å²) in [7, 11) is 0. The molecule has 0 radical (unpaired) electrons. The van der Waals surface area contributed by atoms with Crippen LogP contribution in [0.15, 0.2) is 0 Å². The Bertz CT molecular complexity index is 284. The third-order valence-electron chi connectivity index (χ3n) is 2.57. The summed E-state index contributed by atoms with van der Waals surface area (Å²) in [4.78, 5) is 22.6. The second kappa shape index (κ2) is 8.91. The minimum atomic E-state index is -1.06. The minimum Gasteiger partial charge on any atom is -0.480 e. The van der Waals surface area contributed by atoms with Gasteiger partial charge < -0.3 is 15.2 Å². The molecule has 0 aromatic heterocycles. The standard InChI is InChI=1S/C14H27NO4/c1-5-6-7-8-9-12(16)15-11(13(17)18)10-19-14(2,3)4/h11H,5-10H2,1-4H3,(H,15,16)(H,17,18)/t11-/m0/s1. The minimum absolute atomic E-state index is 0.0144. The fraction of sp³-hybridized carbons (Fsp3) is 0.857. The Morgan fingerprint density at radius 1 is 1.21 bits per heavy atom. The summed E-state index contributed by atoms with van der Waals surface area (Å²) in [5, 5.41) is 11.5. The topological polar surface area (TPSA) is 75.6 Å². The van der Waals surface area contributed by atoms with Gasteiger partial charge in [-0.25, -0.2) is 4.79 Å². The van der Waals surface area contributed by atoms with Crippen LogP contribution >= 0.6 is 0 Å². The van der Waals surface area contributed by atoms with Gasteiger partial charge in [-0.15, -0.1) is 0 Å². The number of hydrogen-bond acceptors (Lipinski definition) is 3. The van der Waals surface area contributed by atoms with Gasteiger partial charge in [-0.3, -0.25) is 4.79 Å². The van der Waals surface area contributed by atoms with Gasteiger partial charge in [-0.2, -0.15) is 0 Å². The molecule has 0 saturated heterocycles. The van der Waals surface area contributed by atoms with Crippen molar-refractivity contribution in [1.29, 1.82) is 0 Å². The molecule has 5 heteroatoms. The quantitative estimate of drug-likeness (QED) is 0.632. The summed E-state index contributed by atoms with van der Waals surface area (Å²) in [5.41, 5.74) is -0.417. The summed E-state index contributed by atoms with van der Waals surface area (Å²) >= 11 is 0. The predicted octanol–water partition coefficient (Wildman–Crippen LogP) is 2.34. The number of carbonyl (C=O) groups is 2. The molecule has 0 bridgehead atoms. The summed E-state index contributed by atoms with van der Waals surface area (Å²) in [6.07, 6.45) is 4.38. The molecule has 0 aliphatic carbocycles. The molecule has 112 valence electrons. The van der Waals surface area contributed by atoms with Gasteiger partial charge in [0.1, 0.15) is 0 Å². The maximum Gasteiger partial charge on any atom is 0.328 e. The average Bonchev–Trinajstić information content (AvgIpc) is 2.28. The van der Waals surface area contributed by atoms with E-state index in [9.17, 15) is 9.59 Å². The van der Waals surface area contributed by atoms with Gasteiger partial charge in [0.25, 0.3) is 0 Å². The second-order valence-electron chi connectivity index (χ2n) is 5.69. The molecule has 0 aliphatic heterocycles. The van der Waals surface area contributed by atoms with E-state index in [4.69, 9.17) is 9.84 Å². The lowest BCUT2D eigenvalue weighted by atomic mass is 10.1. The van der Waals surface area contributed by atoms with Gasteiger partial charge in [0, 0.05) is 6.42 Å². The zero-order chi connectivity index (χ0) is 14.9. The molecule has 0 aromatic rings. The number of amides is 1. The number of nitrogens with one attached hydrogen (secondary N) is 1. The Morgan fingerprint density at radius 2 is 1.84 bits per heavy atom. The third-order valence-corrected chi connectivity index (χ3v) is 2.57. The summed E-state index contributed by atoms with van der Waals surface area (Å²) < 4.78 is 5.40. The van der Waals surface area contributed by atoms with Crippen molar-refractivity contribution >= 4 is 11.9 Å². The summed E-state index contributed by atoms with van der Waals surface area (Å²) in [6, 6.07) is -0.974. The smallest absolute Gasteiger partial charge is 0.328 e. The van der Waals surface area contributed by atoms with E-state index in [0.717, 1.165) is 25.7 Å². The van der Waals surface area contributed by atoms with Crippen molar-refractivity contribution in [3.05, 3.63) is 0 Å². The SMILES string of the molecule is CCCCCCC(=O)N[C@@H](COC(C)(C)C)C(=O)O. The molecular weight excluding hydrogens is 246 g/mol. The van der Waals surface area contributed by atoms with Gasteiger partial charge in [0.2, 0.25) is 5.91 Å². The number of unbranched alkanes of at least 4 members (excludes halogenated alkanes) is 3. The van der Waals surface area contributed by atoms with E-state index in [2.05, 4.69) is 12.2 Å². The van der Waals surface area contributed by atoms with Gasteiger partial charge in [-0.1, -0.05) is 26.2 Å². The molecular formula is C14H27NO4. The van der Waals surface area contributed by atoms with Crippen molar-refractivity contribution in [2.75, 3.05) is 6.61 Å². The highest BCUT2D eigenvalue weighted by molar-refractivity contribution is 5.83. The van der Waals surface area contributed by atoms with Gasteiger partial charge in [0.15, 0.2) is 6.04 Å². The fourth-order valence-electron chi connectivity index (χ4n) is 1.49. The third kappa shape index (κ3) is 10.5. The molecule has 1 atom stereocenters. The van der Waals surface area contributed by atoms with E-state index in [0.29, 0.717) is 6.42 Å². The van der Waals surface area contributed by atoms with Crippen LogP contribution in [0.2, 0.25) is 0 Å². The van der Waals surface area contributed by atoms with Crippen molar-refractivity contribution in [2.24, 2.45) is 0 Å². The lowest BCUT2D eigenvalue weighted by Crippen LogP contribution is -2.45. The van der Waals surface area contributed by atoms with Crippen molar-refractivity contribution in [2.45, 2.75) is 71.4 Å². The van der Waals surface area contributed by atoms with Crippen LogP contribution in [0.1, 0.15) is 59.8 Å². The zero-order valence-corrected chi connectivity index (χ0v) is 12.5. The number of hydrogen-bond donors (Lipinski definition) is 2. The van der Waals surface area contributed by atoms with Crippen LogP contribution in [0.3, 0.4) is 0 Å². The lowest BCUT2D eigenvalue weighted by molar-refractivity contribution is -0.145. The van der Waals surface area contributed by atoms with E-state index >= 15 is 0 Å². The Kier molecular flexibility index (Phi) is 8.39. The van der Waals surface area contributed by atoms with Crippen LogP contribution in [0.4, 0.5) is 0 Å². The number of carboxylic acids is 1. The molecule has 19 heavy (non-hydrogen) atoms. The molecule has 5 nitrogen and oxygen atoms in total. The van der Waals surface area contributed by atoms with Crippen molar-refractivity contribution < 1.29 is 19.4 Å². The maximum absolute atomic E-state index is 11.6. The zero-order valence-electron chi connectivity index (χ0n) is 12.5. The summed E-state index contributed by atoms with van der Waals surface area (Å²) in [6.45, 7) is 7.62. The maximum atomic E-state index is 11.6. The highest BCUT2D eigenvalue weighted by atomic mass is 16.5. The lowest BCUT2D eigenvalue weighted by Gasteiger charge is -2.23. The monoisotopic (exact) mass is 273 g/mol. The summed E-state index contributed by atoms with van der Waals surface area (Å²) in [5.74, 6) is -1.29. The van der Waals surface area contributed by atoms with Crippen LogP contribution < -0.4 is 5.32 Å². The number of carbonyl (C=O) groups excluding carboxylic acids is 1. The highest BCUT2D eigenvalue weighted by Gasteiger charge is 2.22. The highest BCUT2D eigenvalue weighted by Crippen LogP contribution is 2.08. The fourth-order valence-corrected chi connectivity index (χ4v) is 1.49. The van der Waals surface area contributed by atoms with Crippen molar-refractivity contribution in [1.82, 2.24) is 5.32 Å². The Labute approximate surface area is 115 Å². The first-order chi connectivity index (χ1) is 8.76. The van der Waals surface area contributed by atoms with E-state index in [1.165, 1.54) is 0 Å². The van der Waals surface area contributed by atoms with Gasteiger partial charge >= 0.3 is 5.97 Å². The Balaban J connectivity index is 4.05. The Morgan fingerprint density at radius 3 is 2.32 bits per heavy atom. The van der Waals surface area contributed by atoms with Gasteiger partial charge in [-0.05, 0) is 27.2 Å². The second-order valence-corrected chi connectivity index (χ2v) is 5.69. The largest absolute Gasteiger partial charge is 0.480 e. The van der Waals surface area contributed by atoms with Crippen LogP contribution in [0.5, 0.6) is 0 Å². The molecule has 0 rings (SSSR count). The van der Waals surface area contributed by atoms with E-state index in [1.54, 1.807) is 0 Å². The first kappa shape index (κ1) is 17.9. The number of rotatable bonds is 9. The molecule has 0 aliphatic rings. The molecule has 1 amide bonds. The molecule has 2 N–H and O–H groups in total. The average molecular weight is 273 g/mol. The first-order valence-corrected chi connectivity index (χ1v) is 6.92. The molecule has 0 aromatic carbocycles. The van der Waals surface area contributed by atoms with Crippen LogP contribution in [-0.4, -0.2) is 35.2 Å². The Hall–Kier alpha value is -1.10. The van der Waals surface area contributed by atoms with Crippen molar-refractivity contribution in [3.63, 3.8) is 0 Å². The predicted molar refractivity (Wildman–Crippen MR) is 74.0 cm³/mol. The first-order valence-electron chi connectivity index (χ1n) is 6.92. The van der Waals surface area contributed by atoms with E-state index in [1.807, 2.05) is 20.8 Å². The number of aliphatic carboxylic acids is 1. The number of ether oxygens (including phenoxy) is 1. The normalized spacial score (nSPS) is 13.1. The van der Waals surface area contributed by atoms with E-state index in [-0.39, 0.29) is 12.5 Å². The van der Waals surface area contributed by atoms with Crippen LogP contribution in [0, 0.1) is 0 Å². The van der Waals surface area contributed by atoms with Gasteiger partial charge in [0.05, 0.1) is 12.2 Å². The molecule has 0 saturated carbocycles.